The second kappa shape index (κ2) is 6.86. The molecule has 0 saturated carbocycles. The Morgan fingerprint density at radius 1 is 1.21 bits per heavy atom. The molecule has 0 unspecified atom stereocenters. The van der Waals surface area contributed by atoms with Crippen molar-refractivity contribution in [3.63, 3.8) is 0 Å². The van der Waals surface area contributed by atoms with E-state index in [0.717, 1.165) is 24.8 Å². The van der Waals surface area contributed by atoms with E-state index >= 15 is 0 Å². The first-order chi connectivity index (χ1) is 11.6. The van der Waals surface area contributed by atoms with E-state index in [1.54, 1.807) is 36.1 Å². The number of rotatable bonds is 4. The van der Waals surface area contributed by atoms with Crippen LogP contribution in [0.2, 0.25) is 0 Å². The highest BCUT2D eigenvalue weighted by molar-refractivity contribution is 5.92. The maximum atomic E-state index is 12.5. The van der Waals surface area contributed by atoms with Crippen molar-refractivity contribution in [2.24, 2.45) is 13.0 Å². The Bertz CT molecular complexity index is 745. The highest BCUT2D eigenvalue weighted by Gasteiger charge is 2.26. The number of carboxylic acids is 1. The summed E-state index contributed by atoms with van der Waals surface area (Å²) in [5.41, 5.74) is 1.86. The predicted molar refractivity (Wildman–Crippen MR) is 88.9 cm³/mol. The van der Waals surface area contributed by atoms with Crippen molar-refractivity contribution in [3.8, 4) is 0 Å². The number of benzene rings is 1. The lowest BCUT2D eigenvalue weighted by molar-refractivity contribution is 0.0679. The Kier molecular flexibility index (Phi) is 4.64. The van der Waals surface area contributed by atoms with Crippen LogP contribution in [-0.2, 0) is 13.5 Å². The second-order valence-corrected chi connectivity index (χ2v) is 6.24. The summed E-state index contributed by atoms with van der Waals surface area (Å²) in [5.74, 6) is -0.463. The third-order valence-corrected chi connectivity index (χ3v) is 4.70. The molecule has 1 aromatic heterocycles. The Hall–Kier alpha value is -2.63. The number of nitrogens with zero attached hydrogens (tertiary/aromatic N) is 3. The zero-order valence-electron chi connectivity index (χ0n) is 13.7. The molecule has 3 rings (SSSR count). The first-order valence-electron chi connectivity index (χ1n) is 8.14. The summed E-state index contributed by atoms with van der Waals surface area (Å²) < 4.78 is 1.59. The lowest BCUT2D eigenvalue weighted by atomic mass is 9.88. The third kappa shape index (κ3) is 3.32. The minimum absolute atomic E-state index is 0.0133. The maximum absolute atomic E-state index is 12.5. The van der Waals surface area contributed by atoms with E-state index in [4.69, 9.17) is 0 Å². The molecule has 1 aliphatic rings. The fraction of sp³-hybridized carbons (Fsp3) is 0.389. The van der Waals surface area contributed by atoms with E-state index in [0.29, 0.717) is 30.3 Å². The van der Waals surface area contributed by atoms with Crippen LogP contribution < -0.4 is 0 Å². The van der Waals surface area contributed by atoms with Crippen molar-refractivity contribution in [2.45, 2.75) is 19.3 Å². The molecule has 2 heterocycles. The van der Waals surface area contributed by atoms with Crippen LogP contribution >= 0.6 is 0 Å². The lowest BCUT2D eigenvalue weighted by Gasteiger charge is -2.32. The number of carboxylic acid groups (broad SMARTS) is 1. The Morgan fingerprint density at radius 3 is 2.54 bits per heavy atom. The fourth-order valence-electron chi connectivity index (χ4n) is 3.30. The zero-order valence-corrected chi connectivity index (χ0v) is 13.7. The van der Waals surface area contributed by atoms with Crippen LogP contribution in [0.3, 0.4) is 0 Å². The van der Waals surface area contributed by atoms with Gasteiger partial charge in [-0.15, -0.1) is 0 Å². The number of hydrogen-bond acceptors (Lipinski definition) is 3. The van der Waals surface area contributed by atoms with E-state index in [1.165, 1.54) is 0 Å². The van der Waals surface area contributed by atoms with Crippen LogP contribution in [-0.4, -0.2) is 44.8 Å². The second-order valence-electron chi connectivity index (χ2n) is 6.24. The van der Waals surface area contributed by atoms with Crippen LogP contribution in [0.5, 0.6) is 0 Å². The quantitative estimate of drug-likeness (QED) is 0.934. The van der Waals surface area contributed by atoms with Gasteiger partial charge in [0.2, 0.25) is 0 Å². The minimum atomic E-state index is -0.880. The third-order valence-electron chi connectivity index (χ3n) is 4.70. The van der Waals surface area contributed by atoms with Gasteiger partial charge < -0.3 is 10.0 Å². The number of amides is 1. The summed E-state index contributed by atoms with van der Waals surface area (Å²) in [6.07, 6.45) is 4.15. The molecule has 0 radical (unpaired) electrons. The van der Waals surface area contributed by atoms with Gasteiger partial charge in [-0.3, -0.25) is 9.48 Å². The van der Waals surface area contributed by atoms with Crippen LogP contribution in [0.4, 0.5) is 0 Å². The van der Waals surface area contributed by atoms with E-state index in [1.807, 2.05) is 17.0 Å². The van der Waals surface area contributed by atoms with Crippen LogP contribution in [0.1, 0.15) is 39.3 Å². The first-order valence-corrected chi connectivity index (χ1v) is 8.14. The number of hydrogen-bond donors (Lipinski definition) is 1. The zero-order chi connectivity index (χ0) is 17.1. The number of aromatic nitrogens is 2. The summed E-state index contributed by atoms with van der Waals surface area (Å²) in [6.45, 7) is 1.40. The number of aromatic carboxylic acids is 1. The van der Waals surface area contributed by atoms with Crippen molar-refractivity contribution in [3.05, 3.63) is 53.3 Å². The smallest absolute Gasteiger partial charge is 0.335 e. The molecule has 1 N–H and O–H groups in total. The van der Waals surface area contributed by atoms with Gasteiger partial charge in [-0.05, 0) is 42.9 Å². The Morgan fingerprint density at radius 2 is 1.92 bits per heavy atom. The topological polar surface area (TPSA) is 75.4 Å². The van der Waals surface area contributed by atoms with Gasteiger partial charge in [-0.25, -0.2) is 4.79 Å². The first kappa shape index (κ1) is 16.2. The normalized spacial score (nSPS) is 15.5. The van der Waals surface area contributed by atoms with Crippen LogP contribution in [0.25, 0.3) is 0 Å². The molecule has 0 spiro atoms. The molecule has 6 nitrogen and oxygen atoms in total. The summed E-state index contributed by atoms with van der Waals surface area (Å²) in [7, 11) is 1.77. The maximum Gasteiger partial charge on any atom is 0.335 e. The van der Waals surface area contributed by atoms with Crippen molar-refractivity contribution >= 4 is 11.9 Å². The number of piperidine rings is 1. The molecule has 2 aromatic rings. The fourth-order valence-corrected chi connectivity index (χ4v) is 3.30. The van der Waals surface area contributed by atoms with Gasteiger partial charge in [0.25, 0.3) is 5.91 Å². The molecular weight excluding hydrogens is 306 g/mol. The molecule has 0 aliphatic carbocycles. The predicted octanol–water partition coefficient (Wildman–Crippen LogP) is 2.21. The molecule has 126 valence electrons. The van der Waals surface area contributed by atoms with Gasteiger partial charge in [0.15, 0.2) is 0 Å². The highest BCUT2D eigenvalue weighted by Crippen LogP contribution is 2.24. The van der Waals surface area contributed by atoms with Gasteiger partial charge in [0, 0.05) is 26.3 Å². The van der Waals surface area contributed by atoms with E-state index in [-0.39, 0.29) is 5.91 Å². The monoisotopic (exact) mass is 327 g/mol. The van der Waals surface area contributed by atoms with Gasteiger partial charge in [0.05, 0.1) is 5.56 Å². The molecule has 1 saturated heterocycles. The van der Waals surface area contributed by atoms with Crippen molar-refractivity contribution in [2.75, 3.05) is 13.1 Å². The molecule has 0 atom stereocenters. The lowest BCUT2D eigenvalue weighted by Crippen LogP contribution is -2.39. The van der Waals surface area contributed by atoms with E-state index < -0.39 is 5.97 Å². The Labute approximate surface area is 140 Å². The standard InChI is InChI=1S/C18H21N3O3/c1-20-16(6-9-19-20)17(22)21-10-7-13(8-11-21)12-14-4-2-3-5-15(14)18(23)24/h2-6,9,13H,7-8,10-12H2,1H3,(H,23,24). The van der Waals surface area contributed by atoms with E-state index in [9.17, 15) is 14.7 Å². The molecule has 1 aromatic carbocycles. The molecular formula is C18H21N3O3. The highest BCUT2D eigenvalue weighted by atomic mass is 16.4. The average molecular weight is 327 g/mol. The average Bonchev–Trinajstić information content (AvgIpc) is 3.01. The van der Waals surface area contributed by atoms with Gasteiger partial charge in [-0.2, -0.15) is 5.10 Å². The molecule has 1 amide bonds. The van der Waals surface area contributed by atoms with Crippen LogP contribution in [0, 0.1) is 5.92 Å². The number of carbonyl (C=O) groups excluding carboxylic acids is 1. The largest absolute Gasteiger partial charge is 0.478 e. The summed E-state index contributed by atoms with van der Waals surface area (Å²) in [4.78, 5) is 25.6. The number of likely N-dealkylation sites (tertiary alicyclic amines) is 1. The van der Waals surface area contributed by atoms with Gasteiger partial charge in [-0.1, -0.05) is 18.2 Å². The van der Waals surface area contributed by atoms with Crippen LogP contribution in [0.15, 0.2) is 36.5 Å². The minimum Gasteiger partial charge on any atom is -0.478 e. The number of aryl methyl sites for hydroxylation is 1. The van der Waals surface area contributed by atoms with E-state index in [2.05, 4.69) is 5.10 Å². The Balaban J connectivity index is 1.61. The molecule has 0 bridgehead atoms. The molecule has 6 heteroatoms. The summed E-state index contributed by atoms with van der Waals surface area (Å²) >= 11 is 0. The number of carbonyl (C=O) groups is 2. The van der Waals surface area contributed by atoms with Crippen molar-refractivity contribution in [1.29, 1.82) is 0 Å². The molecule has 24 heavy (non-hydrogen) atoms. The molecule has 1 fully saturated rings. The molecule has 1 aliphatic heterocycles. The summed E-state index contributed by atoms with van der Waals surface area (Å²) in [6, 6.07) is 8.90. The summed E-state index contributed by atoms with van der Waals surface area (Å²) in [5, 5.41) is 13.3. The van der Waals surface area contributed by atoms with Gasteiger partial charge >= 0.3 is 5.97 Å². The van der Waals surface area contributed by atoms with Crippen molar-refractivity contribution in [1.82, 2.24) is 14.7 Å². The van der Waals surface area contributed by atoms with Gasteiger partial charge in [0.1, 0.15) is 5.69 Å². The van der Waals surface area contributed by atoms with Crippen molar-refractivity contribution < 1.29 is 14.7 Å². The SMILES string of the molecule is Cn1nccc1C(=O)N1CCC(Cc2ccccc2C(=O)O)CC1.